The van der Waals surface area contributed by atoms with E-state index in [9.17, 15) is 9.59 Å². The molecule has 1 fully saturated rings. The Hall–Kier alpha value is -1.32. The summed E-state index contributed by atoms with van der Waals surface area (Å²) in [5.74, 6) is -1.32. The molecule has 0 radical (unpaired) electrons. The number of rotatable bonds is 6. The van der Waals surface area contributed by atoms with Crippen LogP contribution in [0.15, 0.2) is 12.7 Å². The van der Waals surface area contributed by atoms with Gasteiger partial charge in [0.05, 0.1) is 26.1 Å². The maximum atomic E-state index is 12.1. The number of carbonyl (C=O) groups is 2. The van der Waals surface area contributed by atoms with Gasteiger partial charge in [0.15, 0.2) is 0 Å². The smallest absolute Gasteiger partial charge is 0.309 e. The van der Waals surface area contributed by atoms with Gasteiger partial charge in [0.1, 0.15) is 0 Å². The number of esters is 2. The standard InChI is InChI=1S/C15H24O4/c1-4-8-12(14(16)18-2)13(15(17)19-3)11-9-6-5-7-10-11/h4,11-13H,1,5-10H2,2-3H3/t12-,13+/m1/s1. The average molecular weight is 268 g/mol. The highest BCUT2D eigenvalue weighted by atomic mass is 16.5. The molecule has 0 unspecified atom stereocenters. The quantitative estimate of drug-likeness (QED) is 0.549. The maximum absolute atomic E-state index is 12.1. The van der Waals surface area contributed by atoms with E-state index in [-0.39, 0.29) is 17.9 Å². The van der Waals surface area contributed by atoms with Crippen molar-refractivity contribution in [2.75, 3.05) is 14.2 Å². The molecule has 0 heterocycles. The van der Waals surface area contributed by atoms with E-state index in [0.29, 0.717) is 6.42 Å². The Morgan fingerprint density at radius 2 is 1.74 bits per heavy atom. The van der Waals surface area contributed by atoms with Crippen LogP contribution in [0.4, 0.5) is 0 Å². The SMILES string of the molecule is C=CC[C@@H](C(=O)OC)[C@@H](C(=O)OC)C1CCCCC1. The Balaban J connectivity index is 2.93. The van der Waals surface area contributed by atoms with Crippen molar-refractivity contribution in [2.45, 2.75) is 38.5 Å². The number of methoxy groups -OCH3 is 2. The predicted octanol–water partition coefficient (Wildman–Crippen LogP) is 2.72. The van der Waals surface area contributed by atoms with Crippen LogP contribution in [0, 0.1) is 17.8 Å². The molecule has 0 aliphatic heterocycles. The molecule has 108 valence electrons. The molecule has 2 atom stereocenters. The Morgan fingerprint density at radius 1 is 1.16 bits per heavy atom. The Bertz CT molecular complexity index is 318. The minimum Gasteiger partial charge on any atom is -0.469 e. The van der Waals surface area contributed by atoms with Gasteiger partial charge < -0.3 is 9.47 Å². The number of hydrogen-bond donors (Lipinski definition) is 0. The van der Waals surface area contributed by atoms with E-state index in [4.69, 9.17) is 9.47 Å². The molecule has 0 bridgehead atoms. The molecule has 0 aromatic heterocycles. The molecule has 1 aliphatic carbocycles. The van der Waals surface area contributed by atoms with Gasteiger partial charge in [-0.3, -0.25) is 9.59 Å². The second kappa shape index (κ2) is 7.97. The van der Waals surface area contributed by atoms with Crippen LogP contribution in [0.1, 0.15) is 38.5 Å². The molecule has 1 rings (SSSR count). The summed E-state index contributed by atoms with van der Waals surface area (Å²) in [5.41, 5.74) is 0. The predicted molar refractivity (Wildman–Crippen MR) is 72.4 cm³/mol. The summed E-state index contributed by atoms with van der Waals surface area (Å²) in [6.45, 7) is 3.67. The molecule has 0 N–H and O–H groups in total. The number of ether oxygens (including phenoxy) is 2. The van der Waals surface area contributed by atoms with Crippen LogP contribution < -0.4 is 0 Å². The first kappa shape index (κ1) is 15.7. The molecule has 19 heavy (non-hydrogen) atoms. The molecule has 4 heteroatoms. The van der Waals surface area contributed by atoms with Gasteiger partial charge in [-0.2, -0.15) is 0 Å². The lowest BCUT2D eigenvalue weighted by molar-refractivity contribution is -0.160. The largest absolute Gasteiger partial charge is 0.469 e. The van der Waals surface area contributed by atoms with Crippen molar-refractivity contribution in [2.24, 2.45) is 17.8 Å². The first-order chi connectivity index (χ1) is 9.15. The minimum atomic E-state index is -0.474. The molecule has 0 amide bonds. The maximum Gasteiger partial charge on any atom is 0.309 e. The van der Waals surface area contributed by atoms with Crippen molar-refractivity contribution in [1.82, 2.24) is 0 Å². The zero-order valence-corrected chi connectivity index (χ0v) is 11.9. The van der Waals surface area contributed by atoms with Gasteiger partial charge in [0.2, 0.25) is 0 Å². The van der Waals surface area contributed by atoms with Crippen molar-refractivity contribution in [1.29, 1.82) is 0 Å². The fourth-order valence-corrected chi connectivity index (χ4v) is 3.03. The molecule has 0 spiro atoms. The van der Waals surface area contributed by atoms with Crippen LogP contribution in [-0.2, 0) is 19.1 Å². The van der Waals surface area contributed by atoms with Gasteiger partial charge in [-0.1, -0.05) is 25.3 Å². The zero-order chi connectivity index (χ0) is 14.3. The Morgan fingerprint density at radius 3 is 2.21 bits per heavy atom. The molecule has 0 saturated heterocycles. The monoisotopic (exact) mass is 268 g/mol. The van der Waals surface area contributed by atoms with Gasteiger partial charge >= 0.3 is 11.9 Å². The summed E-state index contributed by atoms with van der Waals surface area (Å²) in [4.78, 5) is 24.0. The van der Waals surface area contributed by atoms with E-state index < -0.39 is 11.8 Å². The molecule has 0 aromatic carbocycles. The lowest BCUT2D eigenvalue weighted by atomic mass is 9.73. The first-order valence-corrected chi connectivity index (χ1v) is 6.92. The summed E-state index contributed by atoms with van der Waals surface area (Å²) in [6.07, 6.45) is 7.49. The van der Waals surface area contributed by atoms with E-state index in [2.05, 4.69) is 6.58 Å². The van der Waals surface area contributed by atoms with E-state index in [1.165, 1.54) is 20.6 Å². The van der Waals surface area contributed by atoms with Crippen LogP contribution in [0.5, 0.6) is 0 Å². The summed E-state index contributed by atoms with van der Waals surface area (Å²) in [5, 5.41) is 0. The topological polar surface area (TPSA) is 52.6 Å². The highest BCUT2D eigenvalue weighted by Gasteiger charge is 2.40. The Kier molecular flexibility index (Phi) is 6.60. The molecule has 1 saturated carbocycles. The lowest BCUT2D eigenvalue weighted by Crippen LogP contribution is -2.37. The van der Waals surface area contributed by atoms with Crippen LogP contribution >= 0.6 is 0 Å². The van der Waals surface area contributed by atoms with Crippen molar-refractivity contribution >= 4 is 11.9 Å². The highest BCUT2D eigenvalue weighted by Crippen LogP contribution is 2.36. The Labute approximate surface area is 115 Å². The van der Waals surface area contributed by atoms with E-state index in [1.807, 2.05) is 0 Å². The van der Waals surface area contributed by atoms with E-state index in [0.717, 1.165) is 25.7 Å². The average Bonchev–Trinajstić information content (AvgIpc) is 2.46. The summed E-state index contributed by atoms with van der Waals surface area (Å²) >= 11 is 0. The first-order valence-electron chi connectivity index (χ1n) is 6.92. The second-order valence-corrected chi connectivity index (χ2v) is 5.10. The van der Waals surface area contributed by atoms with Gasteiger partial charge in [-0.25, -0.2) is 0 Å². The lowest BCUT2D eigenvalue weighted by Gasteiger charge is -2.32. The summed E-state index contributed by atoms with van der Waals surface area (Å²) in [7, 11) is 2.73. The van der Waals surface area contributed by atoms with Gasteiger partial charge in [-0.05, 0) is 25.2 Å². The fraction of sp³-hybridized carbons (Fsp3) is 0.733. The summed E-state index contributed by atoms with van der Waals surface area (Å²) < 4.78 is 9.74. The third kappa shape index (κ3) is 4.08. The van der Waals surface area contributed by atoms with Crippen LogP contribution in [0.25, 0.3) is 0 Å². The fourth-order valence-electron chi connectivity index (χ4n) is 3.03. The van der Waals surface area contributed by atoms with Crippen LogP contribution in [-0.4, -0.2) is 26.2 Å². The molecule has 1 aliphatic rings. The number of hydrogen-bond acceptors (Lipinski definition) is 4. The minimum absolute atomic E-state index is 0.213. The molecular formula is C15H24O4. The van der Waals surface area contributed by atoms with E-state index in [1.54, 1.807) is 6.08 Å². The van der Waals surface area contributed by atoms with Gasteiger partial charge in [0.25, 0.3) is 0 Å². The normalized spacial score (nSPS) is 19.3. The van der Waals surface area contributed by atoms with Crippen LogP contribution in [0.2, 0.25) is 0 Å². The third-order valence-corrected chi connectivity index (χ3v) is 3.99. The third-order valence-electron chi connectivity index (χ3n) is 3.99. The molecule has 0 aromatic rings. The van der Waals surface area contributed by atoms with Crippen molar-refractivity contribution in [3.63, 3.8) is 0 Å². The number of allylic oxidation sites excluding steroid dienone is 1. The summed E-state index contributed by atoms with van der Waals surface area (Å²) in [6, 6.07) is 0. The van der Waals surface area contributed by atoms with E-state index >= 15 is 0 Å². The van der Waals surface area contributed by atoms with Crippen molar-refractivity contribution in [3.8, 4) is 0 Å². The molecule has 4 nitrogen and oxygen atoms in total. The highest BCUT2D eigenvalue weighted by molar-refractivity contribution is 5.82. The number of carbonyl (C=O) groups excluding carboxylic acids is 2. The van der Waals surface area contributed by atoms with Crippen LogP contribution in [0.3, 0.4) is 0 Å². The second-order valence-electron chi connectivity index (χ2n) is 5.10. The zero-order valence-electron chi connectivity index (χ0n) is 11.9. The van der Waals surface area contributed by atoms with Gasteiger partial charge in [-0.15, -0.1) is 6.58 Å². The molecular weight excluding hydrogens is 244 g/mol. The van der Waals surface area contributed by atoms with Crippen molar-refractivity contribution in [3.05, 3.63) is 12.7 Å². The van der Waals surface area contributed by atoms with Crippen molar-refractivity contribution < 1.29 is 19.1 Å². The van der Waals surface area contributed by atoms with Gasteiger partial charge in [0, 0.05) is 0 Å².